The smallest absolute Gasteiger partial charge is 0.272 e. The summed E-state index contributed by atoms with van der Waals surface area (Å²) in [7, 11) is 1.56. The van der Waals surface area contributed by atoms with Crippen molar-refractivity contribution in [2.45, 2.75) is 12.8 Å². The van der Waals surface area contributed by atoms with Crippen molar-refractivity contribution < 1.29 is 18.8 Å². The van der Waals surface area contributed by atoms with Gasteiger partial charge in [0.2, 0.25) is 5.91 Å². The SMILES string of the molecule is CN(CCC#N)C(=O)CCOc1ccc([N+](=O)[O-])cc1F. The third-order valence-electron chi connectivity index (χ3n) is 2.68. The maximum Gasteiger partial charge on any atom is 0.272 e. The average Bonchev–Trinajstić information content (AvgIpc) is 2.45. The number of nitro groups is 1. The molecule has 0 aliphatic rings. The maximum absolute atomic E-state index is 13.5. The minimum absolute atomic E-state index is 0.0261. The Bertz CT molecular complexity index is 571. The number of benzene rings is 1. The number of carbonyl (C=O) groups is 1. The lowest BCUT2D eigenvalue weighted by Crippen LogP contribution is -2.28. The molecule has 7 nitrogen and oxygen atoms in total. The predicted octanol–water partition coefficient (Wildman–Crippen LogP) is 1.87. The van der Waals surface area contributed by atoms with Crippen LogP contribution in [0.1, 0.15) is 12.8 Å². The minimum Gasteiger partial charge on any atom is -0.490 e. The minimum atomic E-state index is -0.852. The highest BCUT2D eigenvalue weighted by molar-refractivity contribution is 5.75. The lowest BCUT2D eigenvalue weighted by Gasteiger charge is -2.15. The molecule has 0 radical (unpaired) electrons. The molecule has 0 atom stereocenters. The van der Waals surface area contributed by atoms with Gasteiger partial charge in [-0.3, -0.25) is 14.9 Å². The van der Waals surface area contributed by atoms with Gasteiger partial charge in [-0.1, -0.05) is 0 Å². The lowest BCUT2D eigenvalue weighted by molar-refractivity contribution is -0.385. The summed E-state index contributed by atoms with van der Waals surface area (Å²) in [6, 6.07) is 4.96. The van der Waals surface area contributed by atoms with Crippen LogP contribution in [0.5, 0.6) is 5.75 Å². The Kier molecular flexibility index (Phi) is 6.07. The van der Waals surface area contributed by atoms with Gasteiger partial charge in [-0.2, -0.15) is 5.26 Å². The van der Waals surface area contributed by atoms with Gasteiger partial charge >= 0.3 is 0 Å². The van der Waals surface area contributed by atoms with E-state index in [4.69, 9.17) is 10.00 Å². The van der Waals surface area contributed by atoms with Crippen LogP contribution in [0.4, 0.5) is 10.1 Å². The quantitative estimate of drug-likeness (QED) is 0.565. The Morgan fingerprint density at radius 2 is 2.29 bits per heavy atom. The van der Waals surface area contributed by atoms with E-state index in [9.17, 15) is 19.3 Å². The zero-order chi connectivity index (χ0) is 15.8. The first kappa shape index (κ1) is 16.4. The molecule has 0 spiro atoms. The monoisotopic (exact) mass is 295 g/mol. The van der Waals surface area contributed by atoms with E-state index in [1.807, 2.05) is 6.07 Å². The van der Waals surface area contributed by atoms with Gasteiger partial charge in [0.15, 0.2) is 11.6 Å². The molecule has 0 saturated carbocycles. The van der Waals surface area contributed by atoms with Crippen LogP contribution < -0.4 is 4.74 Å². The fraction of sp³-hybridized carbons (Fsp3) is 0.385. The first-order chi connectivity index (χ1) is 9.95. The molecule has 0 aromatic heterocycles. The summed E-state index contributed by atoms with van der Waals surface area (Å²) in [5.74, 6) is -1.23. The predicted molar refractivity (Wildman–Crippen MR) is 71.0 cm³/mol. The second-order valence-electron chi connectivity index (χ2n) is 4.19. The van der Waals surface area contributed by atoms with Gasteiger partial charge in [-0.15, -0.1) is 0 Å². The summed E-state index contributed by atoms with van der Waals surface area (Å²) in [6.07, 6.45) is 0.262. The van der Waals surface area contributed by atoms with Gasteiger partial charge in [0, 0.05) is 19.7 Å². The first-order valence-electron chi connectivity index (χ1n) is 6.13. The highest BCUT2D eigenvalue weighted by Gasteiger charge is 2.13. The van der Waals surface area contributed by atoms with E-state index in [0.717, 1.165) is 18.2 Å². The molecule has 1 rings (SSSR count). The van der Waals surface area contributed by atoms with E-state index in [0.29, 0.717) is 6.54 Å². The van der Waals surface area contributed by atoms with Crippen molar-refractivity contribution in [2.75, 3.05) is 20.2 Å². The third kappa shape index (κ3) is 5.06. The van der Waals surface area contributed by atoms with Crippen LogP contribution in [-0.2, 0) is 4.79 Å². The third-order valence-corrected chi connectivity index (χ3v) is 2.68. The van der Waals surface area contributed by atoms with Gasteiger partial charge in [0.25, 0.3) is 5.69 Å². The van der Waals surface area contributed by atoms with Crippen molar-refractivity contribution >= 4 is 11.6 Å². The molecule has 1 amide bonds. The summed E-state index contributed by atoms with van der Waals surface area (Å²) >= 11 is 0. The standard InChI is InChI=1S/C13H14FN3O4/c1-16(7-2-6-15)13(18)5-8-21-12-4-3-10(17(19)20)9-11(12)14/h3-4,9H,2,5,7-8H2,1H3. The molecule has 8 heteroatoms. The number of nitro benzene ring substituents is 1. The Morgan fingerprint density at radius 1 is 1.57 bits per heavy atom. The molecule has 0 aliphatic heterocycles. The van der Waals surface area contributed by atoms with Crippen LogP contribution in [0.15, 0.2) is 18.2 Å². The number of carbonyl (C=O) groups excluding carboxylic acids is 1. The fourth-order valence-corrected chi connectivity index (χ4v) is 1.50. The normalized spacial score (nSPS) is 9.76. The van der Waals surface area contributed by atoms with Gasteiger partial charge in [-0.25, -0.2) is 4.39 Å². The largest absolute Gasteiger partial charge is 0.490 e. The molecule has 0 saturated heterocycles. The Morgan fingerprint density at radius 3 is 2.86 bits per heavy atom. The molecule has 0 aliphatic carbocycles. The number of nitrogens with zero attached hydrogens (tertiary/aromatic N) is 3. The molecular formula is C13H14FN3O4. The van der Waals surface area contributed by atoms with Crippen molar-refractivity contribution in [3.8, 4) is 11.8 Å². The molecule has 1 aromatic rings. The highest BCUT2D eigenvalue weighted by atomic mass is 19.1. The van der Waals surface area contributed by atoms with Crippen LogP contribution in [0, 0.1) is 27.3 Å². The van der Waals surface area contributed by atoms with Gasteiger partial charge < -0.3 is 9.64 Å². The second kappa shape index (κ2) is 7.79. The molecule has 112 valence electrons. The molecule has 0 N–H and O–H groups in total. The number of rotatable bonds is 7. The van der Waals surface area contributed by atoms with Gasteiger partial charge in [-0.05, 0) is 6.07 Å². The molecule has 21 heavy (non-hydrogen) atoms. The van der Waals surface area contributed by atoms with Crippen molar-refractivity contribution in [2.24, 2.45) is 0 Å². The summed E-state index contributed by atoms with van der Waals surface area (Å²) < 4.78 is 18.6. The van der Waals surface area contributed by atoms with Crippen molar-refractivity contribution in [1.82, 2.24) is 4.90 Å². The van der Waals surface area contributed by atoms with Crippen LogP contribution in [0.3, 0.4) is 0 Å². The molecule has 0 bridgehead atoms. The number of amides is 1. The summed E-state index contributed by atoms with van der Waals surface area (Å²) in [6.45, 7) is 0.270. The fourth-order valence-electron chi connectivity index (χ4n) is 1.50. The molecular weight excluding hydrogens is 281 g/mol. The average molecular weight is 295 g/mol. The zero-order valence-corrected chi connectivity index (χ0v) is 11.4. The van der Waals surface area contributed by atoms with Crippen LogP contribution in [0.2, 0.25) is 0 Å². The Hall–Kier alpha value is -2.69. The Labute approximate surface area is 120 Å². The Balaban J connectivity index is 2.48. The molecule has 0 heterocycles. The van der Waals surface area contributed by atoms with Gasteiger partial charge in [0.1, 0.15) is 0 Å². The van der Waals surface area contributed by atoms with Crippen molar-refractivity contribution in [3.05, 3.63) is 34.1 Å². The van der Waals surface area contributed by atoms with E-state index in [-0.39, 0.29) is 36.8 Å². The van der Waals surface area contributed by atoms with Crippen LogP contribution >= 0.6 is 0 Å². The van der Waals surface area contributed by atoms with Crippen LogP contribution in [-0.4, -0.2) is 35.9 Å². The van der Waals surface area contributed by atoms with E-state index >= 15 is 0 Å². The molecule has 0 unspecified atom stereocenters. The topological polar surface area (TPSA) is 96.5 Å². The number of ether oxygens (including phenoxy) is 1. The highest BCUT2D eigenvalue weighted by Crippen LogP contribution is 2.22. The second-order valence-corrected chi connectivity index (χ2v) is 4.19. The number of non-ortho nitro benzene ring substituents is 1. The summed E-state index contributed by atoms with van der Waals surface area (Å²) in [4.78, 5) is 22.8. The van der Waals surface area contributed by atoms with E-state index < -0.39 is 10.7 Å². The molecule has 1 aromatic carbocycles. The van der Waals surface area contributed by atoms with Crippen molar-refractivity contribution in [3.63, 3.8) is 0 Å². The van der Waals surface area contributed by atoms with E-state index in [1.54, 1.807) is 7.05 Å². The lowest BCUT2D eigenvalue weighted by atomic mass is 10.3. The first-order valence-corrected chi connectivity index (χ1v) is 6.13. The number of nitriles is 1. The van der Waals surface area contributed by atoms with Crippen LogP contribution in [0.25, 0.3) is 0 Å². The number of halogens is 1. The maximum atomic E-state index is 13.5. The van der Waals surface area contributed by atoms with Crippen molar-refractivity contribution in [1.29, 1.82) is 5.26 Å². The van der Waals surface area contributed by atoms with E-state index in [2.05, 4.69) is 0 Å². The number of hydrogen-bond acceptors (Lipinski definition) is 5. The van der Waals surface area contributed by atoms with E-state index in [1.165, 1.54) is 4.90 Å². The van der Waals surface area contributed by atoms with Gasteiger partial charge in [0.05, 0.1) is 36.5 Å². The molecule has 0 fully saturated rings. The summed E-state index contributed by atoms with van der Waals surface area (Å²) in [5.41, 5.74) is -0.368. The zero-order valence-electron chi connectivity index (χ0n) is 11.4. The summed E-state index contributed by atoms with van der Waals surface area (Å²) in [5, 5.41) is 18.9. The number of hydrogen-bond donors (Lipinski definition) is 0.